The van der Waals surface area contributed by atoms with Gasteiger partial charge in [-0.15, -0.1) is 0 Å². The van der Waals surface area contributed by atoms with Crippen molar-refractivity contribution in [3.8, 4) is 5.75 Å². The molecule has 33 heavy (non-hydrogen) atoms. The van der Waals surface area contributed by atoms with Gasteiger partial charge in [0.25, 0.3) is 0 Å². The predicted molar refractivity (Wildman–Crippen MR) is 128 cm³/mol. The normalized spacial score (nSPS) is 15.5. The number of hydrogen-bond donors (Lipinski definition) is 0. The van der Waals surface area contributed by atoms with Crippen LogP contribution in [-0.4, -0.2) is 25.5 Å². The molecule has 4 heteroatoms. The van der Waals surface area contributed by atoms with Crippen molar-refractivity contribution >= 4 is 23.4 Å². The van der Waals surface area contributed by atoms with Crippen LogP contribution in [0.15, 0.2) is 95.6 Å². The lowest BCUT2D eigenvalue weighted by molar-refractivity contribution is -0.138. The molecule has 0 fully saturated rings. The van der Waals surface area contributed by atoms with Gasteiger partial charge in [-0.25, -0.2) is 4.79 Å². The van der Waals surface area contributed by atoms with Gasteiger partial charge in [-0.3, -0.25) is 4.79 Å². The van der Waals surface area contributed by atoms with Crippen LogP contribution in [0.2, 0.25) is 0 Å². The third-order valence-electron chi connectivity index (χ3n) is 6.04. The maximum atomic E-state index is 13.6. The Bertz CT molecular complexity index is 1370. The highest BCUT2D eigenvalue weighted by Crippen LogP contribution is 2.37. The van der Waals surface area contributed by atoms with Gasteiger partial charge in [-0.2, -0.15) is 0 Å². The van der Waals surface area contributed by atoms with Gasteiger partial charge in [0.15, 0.2) is 5.78 Å². The molecule has 1 aliphatic carbocycles. The molecular weight excluding hydrogens is 412 g/mol. The summed E-state index contributed by atoms with van der Waals surface area (Å²) in [6.45, 7) is 2.10. The fraction of sp³-hybridized carbons (Fsp3) is 0.103. The molecule has 1 heterocycles. The van der Waals surface area contributed by atoms with E-state index in [-0.39, 0.29) is 12.4 Å². The minimum Gasteiger partial charge on any atom is -0.497 e. The van der Waals surface area contributed by atoms with Crippen molar-refractivity contribution < 1.29 is 19.1 Å². The molecule has 0 atom stereocenters. The smallest absolute Gasteiger partial charge is 0.339 e. The Balaban J connectivity index is 1.75. The summed E-state index contributed by atoms with van der Waals surface area (Å²) < 4.78 is 10.8. The minimum atomic E-state index is -0.478. The molecule has 0 bridgehead atoms. The Morgan fingerprint density at radius 2 is 1.73 bits per heavy atom. The van der Waals surface area contributed by atoms with E-state index in [9.17, 15) is 9.59 Å². The summed E-state index contributed by atoms with van der Waals surface area (Å²) in [6, 6.07) is 23.4. The predicted octanol–water partition coefficient (Wildman–Crippen LogP) is 5.57. The summed E-state index contributed by atoms with van der Waals surface area (Å²) >= 11 is 0. The molecule has 3 aromatic rings. The monoisotopic (exact) mass is 434 g/mol. The Kier molecular flexibility index (Phi) is 5.27. The van der Waals surface area contributed by atoms with E-state index < -0.39 is 5.97 Å². The lowest BCUT2D eigenvalue weighted by Gasteiger charge is -2.25. The van der Waals surface area contributed by atoms with Gasteiger partial charge in [0.05, 0.1) is 12.7 Å². The molecule has 162 valence electrons. The molecule has 0 saturated heterocycles. The second kappa shape index (κ2) is 8.40. The van der Waals surface area contributed by atoms with E-state index in [1.807, 2.05) is 48.5 Å². The third-order valence-corrected chi connectivity index (χ3v) is 6.04. The van der Waals surface area contributed by atoms with Crippen LogP contribution in [0.25, 0.3) is 11.6 Å². The van der Waals surface area contributed by atoms with Crippen molar-refractivity contribution in [1.29, 1.82) is 0 Å². The molecular formula is C29H22O4. The lowest BCUT2D eigenvalue weighted by Crippen LogP contribution is -2.26. The number of carbonyl (C=O) groups is 2. The van der Waals surface area contributed by atoms with Crippen LogP contribution in [0.5, 0.6) is 5.75 Å². The first-order valence-corrected chi connectivity index (χ1v) is 10.7. The zero-order valence-electron chi connectivity index (χ0n) is 18.4. The number of esters is 1. The Morgan fingerprint density at radius 3 is 2.48 bits per heavy atom. The summed E-state index contributed by atoms with van der Waals surface area (Å²) in [5.74, 6) is -0.0736. The van der Waals surface area contributed by atoms with E-state index in [1.165, 1.54) is 0 Å². The first kappa shape index (κ1) is 20.7. The molecule has 0 amide bonds. The molecule has 0 aromatic heterocycles. The third kappa shape index (κ3) is 3.70. The van der Waals surface area contributed by atoms with Gasteiger partial charge < -0.3 is 9.47 Å². The standard InChI is InChI=1S/C29H22O4/c1-18-8-6-7-11-23(18)24(19-9-4-3-5-10-19)15-21-17-33-29(31)26-14-20-12-13-22(32-2)16-25(20)28(30)27(21)26/h3-16H,17H2,1-2H3/b24-15-. The second-order valence-corrected chi connectivity index (χ2v) is 8.06. The molecule has 3 aromatic carbocycles. The molecule has 2 aliphatic rings. The first-order valence-electron chi connectivity index (χ1n) is 10.7. The molecule has 0 unspecified atom stereocenters. The van der Waals surface area contributed by atoms with Crippen LogP contribution in [-0.2, 0) is 9.53 Å². The number of benzene rings is 3. The van der Waals surface area contributed by atoms with Gasteiger partial charge in [-0.05, 0) is 59.0 Å². The van der Waals surface area contributed by atoms with Gasteiger partial charge >= 0.3 is 5.97 Å². The largest absolute Gasteiger partial charge is 0.497 e. The summed E-state index contributed by atoms with van der Waals surface area (Å²) in [5.41, 5.74) is 6.75. The highest BCUT2D eigenvalue weighted by Gasteiger charge is 2.34. The van der Waals surface area contributed by atoms with Crippen LogP contribution >= 0.6 is 0 Å². The van der Waals surface area contributed by atoms with Crippen LogP contribution in [0, 0.1) is 6.92 Å². The van der Waals surface area contributed by atoms with E-state index in [2.05, 4.69) is 19.1 Å². The van der Waals surface area contributed by atoms with Crippen molar-refractivity contribution in [3.05, 3.63) is 123 Å². The summed E-state index contributed by atoms with van der Waals surface area (Å²) in [5, 5.41) is 0. The average molecular weight is 434 g/mol. The van der Waals surface area contributed by atoms with Crippen molar-refractivity contribution in [2.75, 3.05) is 13.7 Å². The SMILES string of the molecule is COc1ccc2c(c1)C(=O)C1=C(/C=C(/c3ccccc3)c3ccccc3C)COC(=O)C1=C2. The van der Waals surface area contributed by atoms with Crippen LogP contribution in [0.3, 0.4) is 0 Å². The van der Waals surface area contributed by atoms with Crippen LogP contribution in [0.4, 0.5) is 0 Å². The number of fused-ring (bicyclic) bond motifs is 2. The molecule has 0 spiro atoms. The number of cyclic esters (lactones) is 1. The quantitative estimate of drug-likeness (QED) is 0.504. The topological polar surface area (TPSA) is 52.6 Å². The minimum absolute atomic E-state index is 0.0404. The van der Waals surface area contributed by atoms with Gasteiger partial charge in [0.2, 0.25) is 0 Å². The Hall–Kier alpha value is -4.18. The number of ketones is 1. The van der Waals surface area contributed by atoms with E-state index in [0.29, 0.717) is 33.6 Å². The highest BCUT2D eigenvalue weighted by atomic mass is 16.5. The van der Waals surface area contributed by atoms with E-state index in [0.717, 1.165) is 22.3 Å². The lowest BCUT2D eigenvalue weighted by atomic mass is 9.82. The second-order valence-electron chi connectivity index (χ2n) is 8.06. The van der Waals surface area contributed by atoms with Gasteiger partial charge in [0.1, 0.15) is 12.4 Å². The number of carbonyl (C=O) groups excluding carboxylic acids is 2. The van der Waals surface area contributed by atoms with Gasteiger partial charge in [-0.1, -0.05) is 60.7 Å². The fourth-order valence-corrected chi connectivity index (χ4v) is 4.34. The molecule has 5 rings (SSSR count). The fourth-order valence-electron chi connectivity index (χ4n) is 4.34. The summed E-state index contributed by atoms with van der Waals surface area (Å²) in [4.78, 5) is 26.2. The van der Waals surface area contributed by atoms with E-state index in [1.54, 1.807) is 31.4 Å². The Labute approximate surface area is 192 Å². The van der Waals surface area contributed by atoms with Crippen molar-refractivity contribution in [2.24, 2.45) is 0 Å². The molecule has 4 nitrogen and oxygen atoms in total. The van der Waals surface area contributed by atoms with Crippen molar-refractivity contribution in [1.82, 2.24) is 0 Å². The summed E-state index contributed by atoms with van der Waals surface area (Å²) in [7, 11) is 1.57. The van der Waals surface area contributed by atoms with Crippen molar-refractivity contribution in [2.45, 2.75) is 6.92 Å². The van der Waals surface area contributed by atoms with E-state index >= 15 is 0 Å². The average Bonchev–Trinajstić information content (AvgIpc) is 2.85. The number of methoxy groups -OCH3 is 1. The van der Waals surface area contributed by atoms with Crippen molar-refractivity contribution in [3.63, 3.8) is 0 Å². The molecule has 1 aliphatic heterocycles. The van der Waals surface area contributed by atoms with E-state index in [4.69, 9.17) is 9.47 Å². The Morgan fingerprint density at radius 1 is 0.970 bits per heavy atom. The van der Waals surface area contributed by atoms with Crippen LogP contribution < -0.4 is 4.74 Å². The summed E-state index contributed by atoms with van der Waals surface area (Å²) in [6.07, 6.45) is 3.72. The molecule has 0 N–H and O–H groups in total. The number of ether oxygens (including phenoxy) is 2. The molecule has 0 radical (unpaired) electrons. The maximum Gasteiger partial charge on any atom is 0.339 e. The molecule has 0 saturated carbocycles. The zero-order valence-corrected chi connectivity index (χ0v) is 18.4. The first-order chi connectivity index (χ1) is 16.1. The zero-order chi connectivity index (χ0) is 22.9. The number of hydrogen-bond acceptors (Lipinski definition) is 4. The number of Topliss-reactive ketones (excluding diaryl/α,β-unsaturated/α-hetero) is 1. The number of aryl methyl sites for hydroxylation is 1. The van der Waals surface area contributed by atoms with Crippen LogP contribution in [0.1, 0.15) is 32.6 Å². The maximum absolute atomic E-state index is 13.6. The van der Waals surface area contributed by atoms with Gasteiger partial charge in [0, 0.05) is 16.7 Å². The highest BCUT2D eigenvalue weighted by molar-refractivity contribution is 6.24. The number of rotatable bonds is 4.